The summed E-state index contributed by atoms with van der Waals surface area (Å²) in [7, 11) is 0. The molecule has 4 aliphatic carbocycles. The lowest BCUT2D eigenvalue weighted by Gasteiger charge is -2.31. The molecule has 4 saturated carbocycles. The van der Waals surface area contributed by atoms with Gasteiger partial charge in [0.2, 0.25) is 0 Å². The van der Waals surface area contributed by atoms with E-state index < -0.39 is 11.2 Å². The first-order valence-electron chi connectivity index (χ1n) is 19.5. The van der Waals surface area contributed by atoms with Crippen LogP contribution in [0.3, 0.4) is 0 Å². The highest BCUT2D eigenvalue weighted by Gasteiger charge is 2.80. The SMILES string of the molecule is CC(C)(C)OC(=O)N1C2CC2[C@H]2CC21c1ncc(-c2ccc(-c3ccc4cc(-c5cnc(C67C[C@@H]6C6CC6N7C(=O)OC(C)(C)C)[nH]5)ccc4c3)cc2)[nH]1. The highest BCUT2D eigenvalue weighted by Crippen LogP contribution is 2.75. The molecule has 3 aromatic carbocycles. The number of imidazole rings is 2. The average molecular weight is 723 g/mol. The molecule has 276 valence electrons. The number of aromatic amines is 2. The van der Waals surface area contributed by atoms with Crippen molar-refractivity contribution in [2.24, 2.45) is 23.7 Å². The number of rotatable bonds is 5. The molecule has 6 aliphatic rings. The molecule has 54 heavy (non-hydrogen) atoms. The number of amides is 2. The maximum Gasteiger partial charge on any atom is 0.411 e. The number of carbonyl (C=O) groups is 2. The summed E-state index contributed by atoms with van der Waals surface area (Å²) in [4.78, 5) is 47.5. The van der Waals surface area contributed by atoms with E-state index in [4.69, 9.17) is 19.4 Å². The van der Waals surface area contributed by atoms with Crippen molar-refractivity contribution in [1.29, 1.82) is 0 Å². The quantitative estimate of drug-likeness (QED) is 0.187. The molecule has 8 atom stereocenters. The first kappa shape index (κ1) is 32.3. The Balaban J connectivity index is 0.806. The van der Waals surface area contributed by atoms with Gasteiger partial charge in [-0.05, 0) is 130 Å². The van der Waals surface area contributed by atoms with E-state index in [0.29, 0.717) is 23.7 Å². The summed E-state index contributed by atoms with van der Waals surface area (Å²) >= 11 is 0. The zero-order chi connectivity index (χ0) is 37.1. The smallest absolute Gasteiger partial charge is 0.411 e. The fourth-order valence-electron chi connectivity index (χ4n) is 10.4. The van der Waals surface area contributed by atoms with Gasteiger partial charge in [-0.1, -0.05) is 48.5 Å². The summed E-state index contributed by atoms with van der Waals surface area (Å²) in [5, 5.41) is 2.31. The molecular formula is C44H46N6O4. The second-order valence-electron chi connectivity index (χ2n) is 18.7. The molecule has 2 aliphatic heterocycles. The normalized spacial score (nSPS) is 31.1. The lowest BCUT2D eigenvalue weighted by molar-refractivity contribution is 0.0105. The minimum Gasteiger partial charge on any atom is -0.444 e. The molecule has 6 fully saturated rings. The maximum atomic E-state index is 13.3. The van der Waals surface area contributed by atoms with E-state index in [1.807, 2.05) is 63.7 Å². The first-order valence-corrected chi connectivity index (χ1v) is 19.5. The van der Waals surface area contributed by atoms with Crippen LogP contribution in [0.25, 0.3) is 44.4 Å². The van der Waals surface area contributed by atoms with Crippen LogP contribution in [0.15, 0.2) is 73.1 Å². The van der Waals surface area contributed by atoms with Gasteiger partial charge in [-0.2, -0.15) is 0 Å². The van der Waals surface area contributed by atoms with E-state index in [1.54, 1.807) is 0 Å². The van der Waals surface area contributed by atoms with Crippen LogP contribution in [-0.2, 0) is 20.6 Å². The molecule has 0 spiro atoms. The lowest BCUT2D eigenvalue weighted by Crippen LogP contribution is -2.44. The van der Waals surface area contributed by atoms with Crippen molar-refractivity contribution >= 4 is 23.0 Å². The molecule has 0 bridgehead atoms. The highest BCUT2D eigenvalue weighted by atomic mass is 16.6. The average Bonchev–Trinajstić information content (AvgIpc) is 4.09. The van der Waals surface area contributed by atoms with Crippen molar-refractivity contribution in [1.82, 2.24) is 29.7 Å². The molecule has 2 amide bonds. The summed E-state index contributed by atoms with van der Waals surface area (Å²) < 4.78 is 11.7. The molecule has 0 radical (unpaired) electrons. The lowest BCUT2D eigenvalue weighted by atomic mass is 9.98. The van der Waals surface area contributed by atoms with Crippen LogP contribution < -0.4 is 0 Å². The van der Waals surface area contributed by atoms with Crippen LogP contribution in [0.4, 0.5) is 9.59 Å². The van der Waals surface area contributed by atoms with Crippen molar-refractivity contribution < 1.29 is 19.1 Å². The van der Waals surface area contributed by atoms with Crippen LogP contribution in [0, 0.1) is 23.7 Å². The predicted octanol–water partition coefficient (Wildman–Crippen LogP) is 9.00. The Labute approximate surface area is 314 Å². The third-order valence-corrected chi connectivity index (χ3v) is 13.0. The number of aromatic nitrogens is 4. The molecule has 2 saturated heterocycles. The van der Waals surface area contributed by atoms with Crippen LogP contribution >= 0.6 is 0 Å². The van der Waals surface area contributed by atoms with Gasteiger partial charge in [0.15, 0.2) is 0 Å². The number of fused-ring (bicyclic) bond motifs is 7. The first-order chi connectivity index (χ1) is 25.7. The number of piperidine rings is 4. The van der Waals surface area contributed by atoms with E-state index in [2.05, 4.69) is 70.6 Å². The van der Waals surface area contributed by atoms with Crippen LogP contribution in [0.5, 0.6) is 0 Å². The molecule has 2 aromatic heterocycles. The number of carbonyl (C=O) groups excluding carboxylic acids is 2. The van der Waals surface area contributed by atoms with E-state index >= 15 is 0 Å². The fourth-order valence-corrected chi connectivity index (χ4v) is 10.4. The van der Waals surface area contributed by atoms with Gasteiger partial charge in [-0.15, -0.1) is 0 Å². The Morgan fingerprint density at radius 1 is 0.630 bits per heavy atom. The van der Waals surface area contributed by atoms with E-state index in [1.165, 1.54) is 0 Å². The van der Waals surface area contributed by atoms with Gasteiger partial charge in [-0.3, -0.25) is 9.80 Å². The van der Waals surface area contributed by atoms with Crippen LogP contribution in [0.2, 0.25) is 0 Å². The fraction of sp³-hybridized carbons (Fsp3) is 0.455. The third-order valence-electron chi connectivity index (χ3n) is 13.0. The second kappa shape index (κ2) is 10.3. The van der Waals surface area contributed by atoms with Gasteiger partial charge in [0.25, 0.3) is 0 Å². The zero-order valence-electron chi connectivity index (χ0n) is 31.6. The minimum absolute atomic E-state index is 0.223. The number of nitrogens with zero attached hydrogens (tertiary/aromatic N) is 4. The molecule has 6 unspecified atom stereocenters. The number of hydrogen-bond donors (Lipinski definition) is 2. The Bertz CT molecular complexity index is 2400. The summed E-state index contributed by atoms with van der Waals surface area (Å²) in [5.41, 5.74) is 4.52. The Morgan fingerprint density at radius 3 is 1.56 bits per heavy atom. The number of ether oxygens (including phenoxy) is 2. The number of hydrogen-bond acceptors (Lipinski definition) is 6. The molecule has 4 heterocycles. The number of likely N-dealkylation sites (tertiary alicyclic amines) is 2. The van der Waals surface area contributed by atoms with Crippen molar-refractivity contribution in [2.45, 2.75) is 102 Å². The summed E-state index contributed by atoms with van der Waals surface area (Å²) in [6.45, 7) is 11.5. The van der Waals surface area contributed by atoms with Crippen LogP contribution in [-0.4, -0.2) is 65.2 Å². The monoisotopic (exact) mass is 722 g/mol. The zero-order valence-corrected chi connectivity index (χ0v) is 31.6. The van der Waals surface area contributed by atoms with Gasteiger partial charge in [0.1, 0.15) is 33.9 Å². The Morgan fingerprint density at radius 2 is 1.06 bits per heavy atom. The van der Waals surface area contributed by atoms with Gasteiger partial charge < -0.3 is 19.4 Å². The van der Waals surface area contributed by atoms with E-state index in [0.717, 1.165) is 81.7 Å². The summed E-state index contributed by atoms with van der Waals surface area (Å²) in [5.74, 6) is 3.79. The molecule has 5 aromatic rings. The minimum atomic E-state index is -0.534. The number of nitrogens with one attached hydrogen (secondary N) is 2. The number of H-pyrrole nitrogens is 2. The van der Waals surface area contributed by atoms with Gasteiger partial charge >= 0.3 is 12.2 Å². The van der Waals surface area contributed by atoms with Crippen LogP contribution in [0.1, 0.15) is 78.9 Å². The summed E-state index contributed by atoms with van der Waals surface area (Å²) in [6.07, 6.45) is 7.40. The standard InChI is InChI=1S/C44H46N6O4/c1-41(2,3)53-39(51)49-35-17-29(35)31-19-43(31,49)37-45-21-33(47-37)24-9-7-23(8-10-24)25-11-12-27-16-28(14-13-26(27)15-25)34-22-46-38(48-34)44-20-32(44)30-18-36(30)50(44)40(52)54-42(4,5)6/h7-16,21-22,29-32,35-36H,17-20H2,1-6H3,(H,45,47)(H,46,48)/t29?,30?,31-,32-,35?,36?,43?,44?/m1/s1. The highest BCUT2D eigenvalue weighted by molar-refractivity contribution is 5.90. The topological polar surface area (TPSA) is 116 Å². The van der Waals surface area contributed by atoms with Gasteiger partial charge in [0, 0.05) is 17.6 Å². The van der Waals surface area contributed by atoms with Crippen molar-refractivity contribution in [3.05, 3.63) is 84.7 Å². The van der Waals surface area contributed by atoms with E-state index in [9.17, 15) is 9.59 Å². The van der Waals surface area contributed by atoms with Gasteiger partial charge in [0.05, 0.1) is 23.8 Å². The Kier molecular flexibility index (Phi) is 6.19. The molecule has 10 nitrogen and oxygen atoms in total. The third kappa shape index (κ3) is 4.70. The van der Waals surface area contributed by atoms with Crippen molar-refractivity contribution in [3.63, 3.8) is 0 Å². The molecule has 10 heteroatoms. The second-order valence-corrected chi connectivity index (χ2v) is 18.7. The molecule has 2 N–H and O–H groups in total. The Hall–Kier alpha value is -5.12. The van der Waals surface area contributed by atoms with Crippen molar-refractivity contribution in [2.75, 3.05) is 0 Å². The maximum absolute atomic E-state index is 13.3. The van der Waals surface area contributed by atoms with Gasteiger partial charge in [-0.25, -0.2) is 19.6 Å². The number of benzene rings is 3. The molecule has 11 rings (SSSR count). The largest absolute Gasteiger partial charge is 0.444 e. The predicted molar refractivity (Wildman–Crippen MR) is 204 cm³/mol. The summed E-state index contributed by atoms with van der Waals surface area (Å²) in [6, 6.07) is 22.2. The van der Waals surface area contributed by atoms with Crippen molar-refractivity contribution in [3.8, 4) is 33.6 Å². The van der Waals surface area contributed by atoms with E-state index in [-0.39, 0.29) is 35.3 Å². The molecular weight excluding hydrogens is 677 g/mol.